The van der Waals surface area contributed by atoms with Gasteiger partial charge in [-0.3, -0.25) is 4.79 Å². The maximum atomic E-state index is 11.3. The van der Waals surface area contributed by atoms with Gasteiger partial charge in [0.1, 0.15) is 0 Å². The van der Waals surface area contributed by atoms with Crippen LogP contribution in [0.5, 0.6) is 0 Å². The van der Waals surface area contributed by atoms with Gasteiger partial charge in [0.05, 0.1) is 0 Å². The molecule has 0 aliphatic heterocycles. The van der Waals surface area contributed by atoms with Crippen molar-refractivity contribution in [1.82, 2.24) is 0 Å². The number of hydrogen-bond acceptors (Lipinski definition) is 1. The van der Waals surface area contributed by atoms with Crippen molar-refractivity contribution in [2.45, 2.75) is 20.8 Å². The Labute approximate surface area is 67.1 Å². The molecule has 0 bridgehead atoms. The van der Waals surface area contributed by atoms with Crippen LogP contribution < -0.4 is 0 Å². The second-order valence-corrected chi connectivity index (χ2v) is 2.93. The first kappa shape index (κ1) is 7.99. The number of carbonyl (C=O) groups excluding carboxylic acids is 1. The number of Topliss-reactive ketones (excluding diaryl/α,β-unsaturated/α-hetero) is 1. The average molecular weight is 148 g/mol. The van der Waals surface area contributed by atoms with Gasteiger partial charge in [0, 0.05) is 11.1 Å². The topological polar surface area (TPSA) is 17.1 Å². The maximum absolute atomic E-state index is 11.3. The Kier molecular flexibility index (Phi) is 1.81. The highest BCUT2D eigenvalue weighted by molar-refractivity contribution is 6.11. The van der Waals surface area contributed by atoms with Crippen molar-refractivity contribution in [1.29, 1.82) is 0 Å². The minimum absolute atomic E-state index is 0.0769. The maximum Gasteiger partial charge on any atom is 0.188 e. The first-order valence-electron chi connectivity index (χ1n) is 3.64. The molecule has 1 heteroatoms. The van der Waals surface area contributed by atoms with E-state index in [0.29, 0.717) is 5.57 Å². The van der Waals surface area contributed by atoms with Crippen LogP contribution in [-0.4, -0.2) is 5.78 Å². The lowest BCUT2D eigenvalue weighted by Crippen LogP contribution is -2.08. The number of rotatable bonds is 0. The summed E-state index contributed by atoms with van der Waals surface area (Å²) in [4.78, 5) is 11.3. The fourth-order valence-electron chi connectivity index (χ4n) is 1.14. The summed E-state index contributed by atoms with van der Waals surface area (Å²) in [5.74, 6) is 0.0769. The fraction of sp³-hybridized carbons (Fsp3) is 0.300. The van der Waals surface area contributed by atoms with Gasteiger partial charge in [0.2, 0.25) is 0 Å². The SMILES string of the molecule is C=C1C=C(C)C(C)=C(C)C1=O. The van der Waals surface area contributed by atoms with Crippen LogP contribution in [0.3, 0.4) is 0 Å². The molecule has 0 amide bonds. The summed E-state index contributed by atoms with van der Waals surface area (Å²) in [5, 5.41) is 0. The lowest BCUT2D eigenvalue weighted by Gasteiger charge is -2.13. The molecule has 0 saturated carbocycles. The summed E-state index contributed by atoms with van der Waals surface area (Å²) in [6, 6.07) is 0. The summed E-state index contributed by atoms with van der Waals surface area (Å²) >= 11 is 0. The second kappa shape index (κ2) is 2.50. The molecule has 0 atom stereocenters. The van der Waals surface area contributed by atoms with Gasteiger partial charge in [-0.15, -0.1) is 0 Å². The Morgan fingerprint density at radius 1 is 1.18 bits per heavy atom. The quantitative estimate of drug-likeness (QED) is 0.482. The van der Waals surface area contributed by atoms with E-state index in [9.17, 15) is 4.79 Å². The van der Waals surface area contributed by atoms with Gasteiger partial charge in [-0.2, -0.15) is 0 Å². The summed E-state index contributed by atoms with van der Waals surface area (Å²) in [5.41, 5.74) is 3.66. The molecule has 0 aromatic carbocycles. The summed E-state index contributed by atoms with van der Waals surface area (Å²) in [6.45, 7) is 9.48. The van der Waals surface area contributed by atoms with E-state index in [-0.39, 0.29) is 5.78 Å². The molecule has 1 rings (SSSR count). The highest BCUT2D eigenvalue weighted by Crippen LogP contribution is 2.23. The second-order valence-electron chi connectivity index (χ2n) is 2.93. The van der Waals surface area contributed by atoms with Crippen molar-refractivity contribution < 1.29 is 4.79 Å². The van der Waals surface area contributed by atoms with Gasteiger partial charge < -0.3 is 0 Å². The Hall–Kier alpha value is -1.11. The van der Waals surface area contributed by atoms with Crippen LogP contribution in [0.15, 0.2) is 34.9 Å². The van der Waals surface area contributed by atoms with Gasteiger partial charge in [-0.1, -0.05) is 6.58 Å². The predicted octanol–water partition coefficient (Wildman–Crippen LogP) is 2.41. The zero-order chi connectivity index (χ0) is 8.59. The van der Waals surface area contributed by atoms with Gasteiger partial charge in [0.25, 0.3) is 0 Å². The summed E-state index contributed by atoms with van der Waals surface area (Å²) in [6.07, 6.45) is 1.84. The largest absolute Gasteiger partial charge is 0.289 e. The molecule has 0 aromatic rings. The van der Waals surface area contributed by atoms with Crippen LogP contribution in [-0.2, 0) is 4.79 Å². The van der Waals surface area contributed by atoms with Gasteiger partial charge in [-0.05, 0) is 38.0 Å². The lowest BCUT2D eigenvalue weighted by molar-refractivity contribution is -0.112. The summed E-state index contributed by atoms with van der Waals surface area (Å²) in [7, 11) is 0. The first-order valence-corrected chi connectivity index (χ1v) is 3.64. The van der Waals surface area contributed by atoms with Crippen molar-refractivity contribution in [3.05, 3.63) is 34.9 Å². The molecule has 0 spiro atoms. The molecule has 58 valence electrons. The van der Waals surface area contributed by atoms with Crippen molar-refractivity contribution in [3.8, 4) is 0 Å². The minimum Gasteiger partial charge on any atom is -0.289 e. The third-order valence-electron chi connectivity index (χ3n) is 2.18. The van der Waals surface area contributed by atoms with E-state index < -0.39 is 0 Å². The Morgan fingerprint density at radius 2 is 1.73 bits per heavy atom. The summed E-state index contributed by atoms with van der Waals surface area (Å²) < 4.78 is 0. The van der Waals surface area contributed by atoms with Gasteiger partial charge in [-0.25, -0.2) is 0 Å². The van der Waals surface area contributed by atoms with E-state index in [2.05, 4.69) is 6.58 Å². The van der Waals surface area contributed by atoms with E-state index in [1.165, 1.54) is 0 Å². The smallest absolute Gasteiger partial charge is 0.188 e. The fourth-order valence-corrected chi connectivity index (χ4v) is 1.14. The molecule has 0 fully saturated rings. The highest BCUT2D eigenvalue weighted by Gasteiger charge is 2.15. The third kappa shape index (κ3) is 1.18. The van der Waals surface area contributed by atoms with E-state index in [0.717, 1.165) is 16.7 Å². The molecule has 0 unspecified atom stereocenters. The molecule has 1 aliphatic rings. The van der Waals surface area contributed by atoms with Crippen LogP contribution in [0, 0.1) is 0 Å². The molecule has 0 N–H and O–H groups in total. The molecule has 1 aliphatic carbocycles. The van der Waals surface area contributed by atoms with Crippen molar-refractivity contribution in [2.75, 3.05) is 0 Å². The Morgan fingerprint density at radius 3 is 2.27 bits per heavy atom. The van der Waals surface area contributed by atoms with Crippen molar-refractivity contribution >= 4 is 5.78 Å². The molecule has 0 aromatic heterocycles. The molecule has 0 saturated heterocycles. The van der Waals surface area contributed by atoms with E-state index in [4.69, 9.17) is 0 Å². The Bertz CT molecular complexity index is 290. The molecule has 11 heavy (non-hydrogen) atoms. The van der Waals surface area contributed by atoms with Crippen molar-refractivity contribution in [3.63, 3.8) is 0 Å². The van der Waals surface area contributed by atoms with Crippen LogP contribution in [0.4, 0.5) is 0 Å². The molecule has 1 nitrogen and oxygen atoms in total. The van der Waals surface area contributed by atoms with Crippen molar-refractivity contribution in [2.24, 2.45) is 0 Å². The van der Waals surface area contributed by atoms with E-state index >= 15 is 0 Å². The van der Waals surface area contributed by atoms with Crippen LogP contribution in [0.25, 0.3) is 0 Å². The van der Waals surface area contributed by atoms with Crippen LogP contribution in [0.1, 0.15) is 20.8 Å². The highest BCUT2D eigenvalue weighted by atomic mass is 16.1. The zero-order valence-electron chi connectivity index (χ0n) is 7.19. The third-order valence-corrected chi connectivity index (χ3v) is 2.18. The number of hydrogen-bond donors (Lipinski definition) is 0. The molecule has 0 heterocycles. The van der Waals surface area contributed by atoms with Crippen LogP contribution >= 0.6 is 0 Å². The normalized spacial score (nSPS) is 19.0. The number of allylic oxidation sites excluding steroid dienone is 5. The van der Waals surface area contributed by atoms with Gasteiger partial charge >= 0.3 is 0 Å². The monoisotopic (exact) mass is 148 g/mol. The molecular formula is C10H12O. The van der Waals surface area contributed by atoms with E-state index in [1.54, 1.807) is 0 Å². The number of carbonyl (C=O) groups is 1. The number of ketones is 1. The zero-order valence-corrected chi connectivity index (χ0v) is 7.19. The van der Waals surface area contributed by atoms with E-state index in [1.807, 2.05) is 26.8 Å². The predicted molar refractivity (Wildman–Crippen MR) is 46.3 cm³/mol. The minimum atomic E-state index is 0.0769. The van der Waals surface area contributed by atoms with Gasteiger partial charge in [0.15, 0.2) is 5.78 Å². The molecular weight excluding hydrogens is 136 g/mol. The lowest BCUT2D eigenvalue weighted by atomic mass is 9.90. The first-order chi connectivity index (χ1) is 5.04. The molecule has 0 radical (unpaired) electrons. The average Bonchev–Trinajstić information content (AvgIpc) is 1.97. The van der Waals surface area contributed by atoms with Crippen LogP contribution in [0.2, 0.25) is 0 Å². The standard InChI is InChI=1S/C10H12O/c1-6-5-7(2)10(11)9(4)8(6)3/h5H,2H2,1,3-4H3. The Balaban J connectivity index is 3.22.